The number of hydrogen-bond donors (Lipinski definition) is 6. The number of rotatable bonds is 79. The Bertz CT molecular complexity index is 1970. The summed E-state index contributed by atoms with van der Waals surface area (Å²) in [4.78, 5) is 59.6. The summed E-state index contributed by atoms with van der Waals surface area (Å²) >= 11 is 0. The van der Waals surface area contributed by atoms with Gasteiger partial charge in [-0.3, -0.25) is 29.0 Å². The summed E-state index contributed by atoms with van der Waals surface area (Å²) in [6.45, 7) is 18.4. The minimum absolute atomic E-state index is 0. The molecule has 2 aliphatic rings. The molecular formula is C96H192N4O11. The number of esters is 2. The topological polar surface area (TPSA) is 210 Å². The van der Waals surface area contributed by atoms with Crippen LogP contribution in [0.25, 0.3) is 0 Å². The molecule has 0 aromatic carbocycles. The van der Waals surface area contributed by atoms with Gasteiger partial charge in [0.15, 0.2) is 0 Å². The van der Waals surface area contributed by atoms with Crippen LogP contribution in [0.1, 0.15) is 494 Å². The van der Waals surface area contributed by atoms with Gasteiger partial charge in [0.1, 0.15) is 24.3 Å². The van der Waals surface area contributed by atoms with Gasteiger partial charge in [0.25, 0.3) is 0 Å². The number of β-amino-alcohol motifs (C(OH)–C–C–N with tert-alkyl or cyclic N) is 2. The van der Waals surface area contributed by atoms with Crippen molar-refractivity contribution in [2.75, 3.05) is 45.8 Å². The highest BCUT2D eigenvalue weighted by atomic mass is 16.6. The van der Waals surface area contributed by atoms with Gasteiger partial charge in [-0.15, -0.1) is 0 Å². The van der Waals surface area contributed by atoms with E-state index in [9.17, 15) is 44.7 Å². The van der Waals surface area contributed by atoms with E-state index in [2.05, 4.69) is 63.6 Å². The highest BCUT2D eigenvalue weighted by molar-refractivity contribution is 5.81. The number of unbranched alkanes of at least 4 members (excludes halogenated alkanes) is 49. The molecule has 0 saturated carbocycles. The second-order valence-electron chi connectivity index (χ2n) is 34.4. The summed E-state index contributed by atoms with van der Waals surface area (Å²) in [7, 11) is 0. The number of nitrogens with zero attached hydrogens (tertiary/aromatic N) is 3. The maximum Gasteiger partial charge on any atom is 0.323 e. The fraction of sp³-hybridized carbons (Fsp3) is 0.958. The number of hydrogen-bond acceptors (Lipinski definition) is 13. The number of amides is 2. The molecule has 0 radical (unpaired) electrons. The fourth-order valence-corrected chi connectivity index (χ4v) is 16.3. The van der Waals surface area contributed by atoms with Crippen molar-refractivity contribution in [2.45, 2.75) is 548 Å². The Morgan fingerprint density at radius 2 is 0.568 bits per heavy atom. The van der Waals surface area contributed by atoms with Gasteiger partial charge >= 0.3 is 11.9 Å². The molecule has 111 heavy (non-hydrogen) atoms. The molecule has 2 heterocycles. The molecule has 2 saturated heterocycles. The Kier molecular flexibility index (Phi) is 81.1. The van der Waals surface area contributed by atoms with E-state index >= 15 is 0 Å². The Hall–Kier alpha value is -2.40. The van der Waals surface area contributed by atoms with Gasteiger partial charge in [-0.25, -0.2) is 0 Å². The monoisotopic (exact) mass is 1580 g/mol. The summed E-state index contributed by atoms with van der Waals surface area (Å²) in [6.07, 6.45) is 71.3. The molecule has 662 valence electrons. The average Bonchev–Trinajstić information content (AvgIpc) is 0.832. The number of aliphatic hydroxyl groups is 5. The second kappa shape index (κ2) is 81.3. The lowest BCUT2D eigenvalue weighted by atomic mass is 10.0. The molecule has 0 spiro atoms. The van der Waals surface area contributed by atoms with Crippen LogP contribution < -0.4 is 5.32 Å². The smallest absolute Gasteiger partial charge is 0.323 e. The maximum absolute atomic E-state index is 14.0. The average molecular weight is 1580 g/mol. The van der Waals surface area contributed by atoms with Crippen molar-refractivity contribution in [3.8, 4) is 0 Å². The lowest BCUT2D eigenvalue weighted by Gasteiger charge is -2.39. The van der Waals surface area contributed by atoms with E-state index in [-0.39, 0.29) is 83.3 Å². The maximum atomic E-state index is 14.0. The number of morpholine rings is 2. The largest absolute Gasteiger partial charge is 0.460 e. The molecule has 9 unspecified atom stereocenters. The molecule has 0 bridgehead atoms. The van der Waals surface area contributed by atoms with Crippen molar-refractivity contribution >= 4 is 23.8 Å². The minimum Gasteiger partial charge on any atom is -0.460 e. The van der Waals surface area contributed by atoms with Crippen molar-refractivity contribution in [2.24, 2.45) is 0 Å². The van der Waals surface area contributed by atoms with Crippen molar-refractivity contribution in [3.05, 3.63) is 0 Å². The third kappa shape index (κ3) is 66.2. The minimum atomic E-state index is -0.640. The Morgan fingerprint density at radius 3 is 0.847 bits per heavy atom. The normalized spacial score (nSPS) is 17.4. The predicted octanol–water partition coefficient (Wildman–Crippen LogP) is 24.5. The predicted molar refractivity (Wildman–Crippen MR) is 473 cm³/mol. The number of carbonyl (C=O) groups is 4. The van der Waals surface area contributed by atoms with Gasteiger partial charge in [-0.1, -0.05) is 410 Å². The van der Waals surface area contributed by atoms with Crippen LogP contribution in [0.3, 0.4) is 0 Å². The van der Waals surface area contributed by atoms with Gasteiger partial charge < -0.3 is 45.2 Å². The zero-order chi connectivity index (χ0) is 79.7. The Balaban J connectivity index is 0. The van der Waals surface area contributed by atoms with Gasteiger partial charge in [-0.05, 0) is 70.6 Å². The molecule has 0 aliphatic carbocycles. The molecule has 0 aromatic heterocycles. The molecule has 2 fully saturated rings. The molecule has 15 heteroatoms. The standard InChI is InChI=1S/C53H104N2O6.C41H80N2O5.2CH4/c1-5-9-13-17-21-25-29-33-37-47(56)43-54-46-50(40-36-32-28-24-20-16-12-8-4)61-53(60)51(54)41-42-52(59)55(44-48(57)38-34-30-26-22-18-14-10-6-2)45-49(58)39-35-31-27-23-19-15-11-7-3;1-4-7-10-13-16-19-22-25-28-36(44)33-42-40(46)32-31-39-41(47)48-38(30-27-24-21-18-15-12-9-6-3)35-43(39)34-37(45)29-26-23-20-17-14-11-8-5-2;;/h47-51,56-58H,5-46H2,1-4H3;36-39,44-45H,4-35H2,1-3H3,(H,42,46);2*1H4. The summed E-state index contributed by atoms with van der Waals surface area (Å²) in [5.41, 5.74) is 0. The highest BCUT2D eigenvalue weighted by Gasteiger charge is 2.39. The van der Waals surface area contributed by atoms with Crippen LogP contribution in [0.15, 0.2) is 0 Å². The van der Waals surface area contributed by atoms with Gasteiger partial charge in [0.2, 0.25) is 11.8 Å². The van der Waals surface area contributed by atoms with E-state index in [1.165, 1.54) is 270 Å². The van der Waals surface area contributed by atoms with E-state index in [0.29, 0.717) is 58.3 Å². The van der Waals surface area contributed by atoms with Crippen LogP contribution in [0.5, 0.6) is 0 Å². The molecule has 2 amide bonds. The molecule has 9 atom stereocenters. The van der Waals surface area contributed by atoms with Crippen LogP contribution in [0, 0.1) is 0 Å². The first-order valence-corrected chi connectivity index (χ1v) is 48.0. The van der Waals surface area contributed by atoms with E-state index in [1.54, 1.807) is 4.90 Å². The zero-order valence-electron chi connectivity index (χ0n) is 73.0. The third-order valence-electron chi connectivity index (χ3n) is 23.5. The van der Waals surface area contributed by atoms with Gasteiger partial charge in [0, 0.05) is 58.7 Å². The van der Waals surface area contributed by atoms with Gasteiger partial charge in [-0.2, -0.15) is 0 Å². The molecule has 2 aliphatic heterocycles. The molecular weight excluding hydrogens is 1390 g/mol. The van der Waals surface area contributed by atoms with Crippen LogP contribution in [0.4, 0.5) is 0 Å². The van der Waals surface area contributed by atoms with Crippen LogP contribution >= 0.6 is 0 Å². The van der Waals surface area contributed by atoms with E-state index in [1.807, 2.05) is 0 Å². The first-order chi connectivity index (χ1) is 53.2. The fourth-order valence-electron chi connectivity index (χ4n) is 16.3. The summed E-state index contributed by atoms with van der Waals surface area (Å²) in [5.74, 6) is -0.803. The van der Waals surface area contributed by atoms with Crippen LogP contribution in [-0.2, 0) is 28.7 Å². The number of nitrogens with one attached hydrogen (secondary N) is 1. The number of cyclic esters (lactones) is 2. The zero-order valence-corrected chi connectivity index (χ0v) is 73.0. The van der Waals surface area contributed by atoms with Crippen molar-refractivity contribution in [3.63, 3.8) is 0 Å². The first kappa shape index (κ1) is 111. The third-order valence-corrected chi connectivity index (χ3v) is 23.5. The van der Waals surface area contributed by atoms with Crippen LogP contribution in [0.2, 0.25) is 0 Å². The quantitative estimate of drug-likeness (QED) is 0.0248. The van der Waals surface area contributed by atoms with E-state index in [0.717, 1.165) is 116 Å². The number of carbonyl (C=O) groups excluding carboxylic acids is 4. The van der Waals surface area contributed by atoms with Crippen molar-refractivity contribution in [1.82, 2.24) is 20.0 Å². The lowest BCUT2D eigenvalue weighted by molar-refractivity contribution is -0.169. The van der Waals surface area contributed by atoms with Crippen molar-refractivity contribution < 1.29 is 54.2 Å². The van der Waals surface area contributed by atoms with Crippen molar-refractivity contribution in [1.29, 1.82) is 0 Å². The van der Waals surface area contributed by atoms with Crippen LogP contribution in [-0.4, -0.2) is 165 Å². The second-order valence-corrected chi connectivity index (χ2v) is 34.4. The van der Waals surface area contributed by atoms with Gasteiger partial charge in [0.05, 0.1) is 30.5 Å². The molecule has 6 N–H and O–H groups in total. The SMILES string of the molecule is C.C.CCCCCCCCCCC(O)CN(CC(O)CCCCCCCCCC)C(=O)CCC1C(=O)OC(CCCCCCCCCC)CN1CC(O)CCCCCCCCCC.CCCCCCCCCCC(O)CNC(=O)CCC1C(=O)OC(CCCCCCCCCC)CN1CC(O)CCCCCCCCCC. The Morgan fingerprint density at radius 1 is 0.333 bits per heavy atom. The molecule has 15 nitrogen and oxygen atoms in total. The molecule has 0 aromatic rings. The summed E-state index contributed by atoms with van der Waals surface area (Å²) < 4.78 is 12.0. The summed E-state index contributed by atoms with van der Waals surface area (Å²) in [6, 6.07) is -1.10. The highest BCUT2D eigenvalue weighted by Crippen LogP contribution is 2.27. The summed E-state index contributed by atoms with van der Waals surface area (Å²) in [5, 5.41) is 57.8. The number of aliphatic hydroxyl groups excluding tert-OH is 5. The van der Waals surface area contributed by atoms with E-state index in [4.69, 9.17) is 9.47 Å². The lowest BCUT2D eigenvalue weighted by Crippen LogP contribution is -2.55. The van der Waals surface area contributed by atoms with E-state index < -0.39 is 42.6 Å². The first-order valence-electron chi connectivity index (χ1n) is 48.0. The Labute approximate surface area is 688 Å². The number of ether oxygens (including phenoxy) is 2. The molecule has 2 rings (SSSR count).